The molecule has 0 saturated heterocycles. The summed E-state index contributed by atoms with van der Waals surface area (Å²) in [5.74, 6) is -2.51. The number of aliphatic carboxylic acids is 2. The van der Waals surface area contributed by atoms with Gasteiger partial charge in [0.15, 0.2) is 0 Å². The molecule has 22 heavy (non-hydrogen) atoms. The van der Waals surface area contributed by atoms with Crippen molar-refractivity contribution in [3.8, 4) is 0 Å². The van der Waals surface area contributed by atoms with E-state index in [-0.39, 0.29) is 0 Å². The van der Waals surface area contributed by atoms with E-state index in [1.165, 1.54) is 5.56 Å². The van der Waals surface area contributed by atoms with Gasteiger partial charge in [-0.25, -0.2) is 14.6 Å². The summed E-state index contributed by atoms with van der Waals surface area (Å²) >= 11 is 3.40. The SMILES string of the molecule is Brc1cncc(CCc2cnc[nH]2)c1.O=C(O)C=CC(=O)O. The van der Waals surface area contributed by atoms with Crippen molar-refractivity contribution in [1.82, 2.24) is 15.0 Å². The summed E-state index contributed by atoms with van der Waals surface area (Å²) in [7, 11) is 0. The molecule has 0 aliphatic carbocycles. The van der Waals surface area contributed by atoms with Gasteiger partial charge in [0.2, 0.25) is 0 Å². The van der Waals surface area contributed by atoms with E-state index in [9.17, 15) is 9.59 Å². The second-order valence-corrected chi connectivity index (χ2v) is 5.01. The molecule has 3 N–H and O–H groups in total. The minimum absolute atomic E-state index is 0.558. The van der Waals surface area contributed by atoms with Gasteiger partial charge in [0.25, 0.3) is 0 Å². The van der Waals surface area contributed by atoms with Gasteiger partial charge in [-0.2, -0.15) is 0 Å². The first-order valence-electron chi connectivity index (χ1n) is 6.18. The summed E-state index contributed by atoms with van der Waals surface area (Å²) in [5.41, 5.74) is 2.39. The Balaban J connectivity index is 0.000000261. The predicted octanol–water partition coefficient (Wildman–Crippen LogP) is 2.06. The Bertz CT molecular complexity index is 625. The molecule has 0 atom stereocenters. The smallest absolute Gasteiger partial charge is 0.328 e. The van der Waals surface area contributed by atoms with E-state index in [1.54, 1.807) is 12.5 Å². The Labute approximate surface area is 134 Å². The molecule has 2 rings (SSSR count). The van der Waals surface area contributed by atoms with Gasteiger partial charge in [0.05, 0.1) is 6.33 Å². The summed E-state index contributed by atoms with van der Waals surface area (Å²) in [6, 6.07) is 2.09. The number of rotatable bonds is 5. The summed E-state index contributed by atoms with van der Waals surface area (Å²) < 4.78 is 1.03. The molecule has 0 spiro atoms. The second-order valence-electron chi connectivity index (χ2n) is 4.10. The number of carboxylic acid groups (broad SMARTS) is 2. The van der Waals surface area contributed by atoms with E-state index in [1.807, 2.05) is 12.4 Å². The van der Waals surface area contributed by atoms with Crippen LogP contribution in [0, 0.1) is 0 Å². The molecule has 0 aliphatic heterocycles. The number of nitrogens with zero attached hydrogens (tertiary/aromatic N) is 2. The molecule has 7 nitrogen and oxygen atoms in total. The number of hydrogen-bond acceptors (Lipinski definition) is 4. The highest BCUT2D eigenvalue weighted by Gasteiger charge is 1.97. The van der Waals surface area contributed by atoms with E-state index in [0.29, 0.717) is 12.2 Å². The summed E-state index contributed by atoms with van der Waals surface area (Å²) in [5, 5.41) is 15.6. The number of H-pyrrole nitrogens is 1. The first kappa shape index (κ1) is 17.6. The van der Waals surface area contributed by atoms with E-state index < -0.39 is 11.9 Å². The standard InChI is InChI=1S/C10H10BrN3.C4H4O4/c11-9-3-8(4-12-5-9)1-2-10-6-13-7-14-10;5-3(6)1-2-4(7)8/h3-7H,1-2H2,(H,13,14);1-2H,(H,5,6)(H,7,8). The van der Waals surface area contributed by atoms with Crippen molar-refractivity contribution < 1.29 is 19.8 Å². The molecule has 0 saturated carbocycles. The number of nitrogens with one attached hydrogen (secondary N) is 1. The molecule has 2 aromatic rings. The normalized spacial score (nSPS) is 10.0. The van der Waals surface area contributed by atoms with Crippen molar-refractivity contribution in [1.29, 1.82) is 0 Å². The quantitative estimate of drug-likeness (QED) is 0.696. The second kappa shape index (κ2) is 9.46. The van der Waals surface area contributed by atoms with Gasteiger partial charge < -0.3 is 15.2 Å². The lowest BCUT2D eigenvalue weighted by molar-refractivity contribution is -0.134. The van der Waals surface area contributed by atoms with Crippen LogP contribution in [0.1, 0.15) is 11.3 Å². The van der Waals surface area contributed by atoms with Crippen LogP contribution in [0.25, 0.3) is 0 Å². The number of hydrogen-bond donors (Lipinski definition) is 3. The van der Waals surface area contributed by atoms with E-state index in [4.69, 9.17) is 10.2 Å². The van der Waals surface area contributed by atoms with Crippen molar-refractivity contribution in [3.63, 3.8) is 0 Å². The zero-order valence-electron chi connectivity index (χ0n) is 11.4. The lowest BCUT2D eigenvalue weighted by atomic mass is 10.1. The lowest BCUT2D eigenvalue weighted by Crippen LogP contribution is -1.92. The fourth-order valence-electron chi connectivity index (χ4n) is 1.44. The van der Waals surface area contributed by atoms with Gasteiger partial charge in [-0.3, -0.25) is 4.98 Å². The molecular weight excluding hydrogens is 354 g/mol. The lowest BCUT2D eigenvalue weighted by Gasteiger charge is -1.99. The van der Waals surface area contributed by atoms with Gasteiger partial charge in [-0.15, -0.1) is 0 Å². The van der Waals surface area contributed by atoms with Gasteiger partial charge in [-0.05, 0) is 40.4 Å². The van der Waals surface area contributed by atoms with Gasteiger partial charge in [0, 0.05) is 40.9 Å². The van der Waals surface area contributed by atoms with Crippen LogP contribution >= 0.6 is 15.9 Å². The predicted molar refractivity (Wildman–Crippen MR) is 82.3 cm³/mol. The summed E-state index contributed by atoms with van der Waals surface area (Å²) in [6.07, 6.45) is 10.3. The van der Waals surface area contributed by atoms with Crippen LogP contribution in [-0.4, -0.2) is 37.1 Å². The number of aromatic nitrogens is 3. The third-order valence-corrected chi connectivity index (χ3v) is 2.80. The Morgan fingerprint density at radius 2 is 1.77 bits per heavy atom. The molecule has 0 aliphatic rings. The van der Waals surface area contributed by atoms with Crippen LogP contribution in [0.3, 0.4) is 0 Å². The van der Waals surface area contributed by atoms with Crippen LogP contribution < -0.4 is 0 Å². The molecule has 2 aromatic heterocycles. The first-order valence-corrected chi connectivity index (χ1v) is 6.97. The van der Waals surface area contributed by atoms with Crippen LogP contribution in [0.4, 0.5) is 0 Å². The Hall–Kier alpha value is -2.48. The monoisotopic (exact) mass is 367 g/mol. The van der Waals surface area contributed by atoms with E-state index in [0.717, 1.165) is 23.0 Å². The Kier molecular flexibility index (Phi) is 7.55. The van der Waals surface area contributed by atoms with E-state index in [2.05, 4.69) is 36.9 Å². The molecule has 0 bridgehead atoms. The minimum Gasteiger partial charge on any atom is -0.478 e. The fourth-order valence-corrected chi connectivity index (χ4v) is 1.85. The first-order chi connectivity index (χ1) is 10.5. The van der Waals surface area contributed by atoms with Crippen molar-refractivity contribution in [2.24, 2.45) is 0 Å². The molecule has 0 amide bonds. The van der Waals surface area contributed by atoms with Crippen molar-refractivity contribution >= 4 is 27.9 Å². The van der Waals surface area contributed by atoms with Crippen LogP contribution in [0.15, 0.2) is 47.6 Å². The number of carboxylic acids is 2. The summed E-state index contributed by atoms with van der Waals surface area (Å²) in [6.45, 7) is 0. The number of aryl methyl sites for hydroxylation is 2. The maximum atomic E-state index is 9.55. The van der Waals surface area contributed by atoms with E-state index >= 15 is 0 Å². The van der Waals surface area contributed by atoms with Crippen molar-refractivity contribution in [2.45, 2.75) is 12.8 Å². The Morgan fingerprint density at radius 1 is 1.09 bits per heavy atom. The average molecular weight is 368 g/mol. The zero-order chi connectivity index (χ0) is 16.4. The number of halogens is 1. The minimum atomic E-state index is -1.26. The van der Waals surface area contributed by atoms with Crippen LogP contribution in [0.5, 0.6) is 0 Å². The maximum Gasteiger partial charge on any atom is 0.328 e. The Morgan fingerprint density at radius 3 is 2.27 bits per heavy atom. The molecule has 2 heterocycles. The summed E-state index contributed by atoms with van der Waals surface area (Å²) in [4.78, 5) is 30.3. The van der Waals surface area contributed by atoms with Crippen molar-refractivity contribution in [3.05, 3.63) is 58.9 Å². The maximum absolute atomic E-state index is 9.55. The zero-order valence-corrected chi connectivity index (χ0v) is 13.0. The third kappa shape index (κ3) is 7.95. The fraction of sp³-hybridized carbons (Fsp3) is 0.143. The third-order valence-electron chi connectivity index (χ3n) is 2.37. The van der Waals surface area contributed by atoms with Crippen molar-refractivity contribution in [2.75, 3.05) is 0 Å². The van der Waals surface area contributed by atoms with Gasteiger partial charge in [0.1, 0.15) is 0 Å². The molecule has 0 fully saturated rings. The molecule has 8 heteroatoms. The van der Waals surface area contributed by atoms with Crippen LogP contribution in [-0.2, 0) is 22.4 Å². The number of aromatic amines is 1. The number of pyridine rings is 1. The number of carbonyl (C=O) groups is 2. The van der Waals surface area contributed by atoms with Crippen LogP contribution in [0.2, 0.25) is 0 Å². The highest BCUT2D eigenvalue weighted by Crippen LogP contribution is 2.11. The topological polar surface area (TPSA) is 116 Å². The molecule has 0 radical (unpaired) electrons. The van der Waals surface area contributed by atoms with Gasteiger partial charge >= 0.3 is 11.9 Å². The molecule has 116 valence electrons. The molecule has 0 aromatic carbocycles. The average Bonchev–Trinajstić information content (AvgIpc) is 2.97. The van der Waals surface area contributed by atoms with Gasteiger partial charge in [-0.1, -0.05) is 0 Å². The highest BCUT2D eigenvalue weighted by atomic mass is 79.9. The molecule has 0 unspecified atom stereocenters. The highest BCUT2D eigenvalue weighted by molar-refractivity contribution is 9.10. The largest absolute Gasteiger partial charge is 0.478 e. The molecular formula is C14H14BrN3O4. The number of imidazole rings is 1.